The van der Waals surface area contributed by atoms with Crippen molar-refractivity contribution in [1.29, 1.82) is 0 Å². The van der Waals surface area contributed by atoms with E-state index >= 15 is 0 Å². The predicted octanol–water partition coefficient (Wildman–Crippen LogP) is 20.6. The largest absolute Gasteiger partial charge is 0.472 e. The van der Waals surface area contributed by atoms with E-state index < -0.39 is 97.5 Å². The van der Waals surface area contributed by atoms with Crippen molar-refractivity contribution in [3.8, 4) is 0 Å². The first-order chi connectivity index (χ1) is 43.8. The maximum absolute atomic E-state index is 13.0. The van der Waals surface area contributed by atoms with E-state index in [2.05, 4.69) is 48.5 Å². The standard InChI is InChI=1S/C72H140O17P2/c1-8-10-11-12-13-14-15-16-17-18-19-20-21-22-23-24-25-32-41-48-55-71(76)88-67(59-82-69(74)53-46-39-31-27-26-30-38-45-52-65(7)9-2)61-86-90(78,79)84-57-66(73)58-85-91(80,81)87-62-68(60-83-70(75)54-47-40-35-34-37-44-51-64(5)6)89-72(77)56-49-42-33-28-29-36-43-50-63(3)4/h63-68,73H,8-62H2,1-7H3,(H,78,79)(H,80,81)/t65?,66-,67-,68-/m1/s1. The minimum Gasteiger partial charge on any atom is -0.462 e. The molecule has 91 heavy (non-hydrogen) atoms. The molecule has 0 aromatic heterocycles. The lowest BCUT2D eigenvalue weighted by Crippen LogP contribution is -2.30. The topological polar surface area (TPSA) is 237 Å². The molecule has 0 amide bonds. The fourth-order valence-corrected chi connectivity index (χ4v) is 12.4. The summed E-state index contributed by atoms with van der Waals surface area (Å²) in [6.45, 7) is 11.7. The van der Waals surface area contributed by atoms with Crippen molar-refractivity contribution in [2.75, 3.05) is 39.6 Å². The lowest BCUT2D eigenvalue weighted by molar-refractivity contribution is -0.161. The second-order valence-corrected chi connectivity index (χ2v) is 30.1. The van der Waals surface area contributed by atoms with Crippen LogP contribution in [-0.2, 0) is 65.4 Å². The number of phosphoric ester groups is 2. The molecule has 0 fully saturated rings. The number of carbonyl (C=O) groups excluding carboxylic acids is 4. The van der Waals surface area contributed by atoms with E-state index in [0.29, 0.717) is 37.5 Å². The van der Waals surface area contributed by atoms with E-state index in [4.69, 9.17) is 37.0 Å². The van der Waals surface area contributed by atoms with Crippen LogP contribution in [0.15, 0.2) is 0 Å². The Morgan fingerprint density at radius 2 is 0.560 bits per heavy atom. The van der Waals surface area contributed by atoms with Gasteiger partial charge in [-0.05, 0) is 43.4 Å². The Kier molecular flexibility index (Phi) is 61.5. The molecule has 3 unspecified atom stereocenters. The first-order valence-electron chi connectivity index (χ1n) is 37.4. The van der Waals surface area contributed by atoms with E-state index in [1.807, 2.05) is 0 Å². The van der Waals surface area contributed by atoms with Gasteiger partial charge in [-0.1, -0.05) is 312 Å². The van der Waals surface area contributed by atoms with Gasteiger partial charge in [0.15, 0.2) is 12.2 Å². The van der Waals surface area contributed by atoms with Crippen LogP contribution in [-0.4, -0.2) is 96.7 Å². The van der Waals surface area contributed by atoms with E-state index in [-0.39, 0.29) is 25.7 Å². The minimum absolute atomic E-state index is 0.102. The Morgan fingerprint density at radius 1 is 0.319 bits per heavy atom. The number of carbonyl (C=O) groups is 4. The fraction of sp³-hybridized carbons (Fsp3) is 0.944. The molecular weight excluding hydrogens is 1200 g/mol. The Balaban J connectivity index is 5.19. The van der Waals surface area contributed by atoms with Crippen LogP contribution in [0.2, 0.25) is 0 Å². The Hall–Kier alpha value is -1.94. The van der Waals surface area contributed by atoms with Gasteiger partial charge in [0.2, 0.25) is 0 Å². The summed E-state index contributed by atoms with van der Waals surface area (Å²) in [7, 11) is -9.90. The van der Waals surface area contributed by atoms with Crippen molar-refractivity contribution in [2.24, 2.45) is 17.8 Å². The van der Waals surface area contributed by atoms with Crippen LogP contribution in [0, 0.1) is 17.8 Å². The molecule has 0 saturated heterocycles. The third-order valence-electron chi connectivity index (χ3n) is 17.0. The molecule has 0 rings (SSSR count). The van der Waals surface area contributed by atoms with Gasteiger partial charge in [-0.25, -0.2) is 9.13 Å². The third kappa shape index (κ3) is 65.1. The lowest BCUT2D eigenvalue weighted by atomic mass is 9.99. The summed E-state index contributed by atoms with van der Waals surface area (Å²) < 4.78 is 68.3. The van der Waals surface area contributed by atoms with Gasteiger partial charge in [-0.15, -0.1) is 0 Å². The van der Waals surface area contributed by atoms with Gasteiger partial charge in [-0.2, -0.15) is 0 Å². The summed E-state index contributed by atoms with van der Waals surface area (Å²) in [5, 5.41) is 10.6. The van der Waals surface area contributed by atoms with E-state index in [9.17, 15) is 43.2 Å². The average molecular weight is 1340 g/mol. The van der Waals surface area contributed by atoms with Crippen LogP contribution in [0.3, 0.4) is 0 Å². The number of ether oxygens (including phenoxy) is 4. The molecular formula is C72H140O17P2. The zero-order chi connectivity index (χ0) is 67.3. The number of hydrogen-bond acceptors (Lipinski definition) is 15. The monoisotopic (exact) mass is 1340 g/mol. The summed E-state index contributed by atoms with van der Waals surface area (Å²) in [6.07, 6.45) is 47.6. The molecule has 0 bridgehead atoms. The second-order valence-electron chi connectivity index (χ2n) is 27.2. The van der Waals surface area contributed by atoms with Crippen molar-refractivity contribution in [1.82, 2.24) is 0 Å². The van der Waals surface area contributed by atoms with E-state index in [1.165, 1.54) is 167 Å². The second kappa shape index (κ2) is 62.8. The van der Waals surface area contributed by atoms with E-state index in [1.54, 1.807) is 0 Å². The summed E-state index contributed by atoms with van der Waals surface area (Å²) in [6, 6.07) is 0. The number of aliphatic hydroxyl groups is 1. The maximum Gasteiger partial charge on any atom is 0.472 e. The van der Waals surface area contributed by atoms with Gasteiger partial charge in [0, 0.05) is 25.7 Å². The van der Waals surface area contributed by atoms with Crippen LogP contribution in [0.4, 0.5) is 0 Å². The molecule has 17 nitrogen and oxygen atoms in total. The normalized spacial score (nSPS) is 14.5. The third-order valence-corrected chi connectivity index (χ3v) is 18.9. The van der Waals surface area contributed by atoms with E-state index in [0.717, 1.165) is 102 Å². The minimum atomic E-state index is -4.95. The van der Waals surface area contributed by atoms with Crippen LogP contribution in [0.5, 0.6) is 0 Å². The highest BCUT2D eigenvalue weighted by Gasteiger charge is 2.30. The lowest BCUT2D eigenvalue weighted by Gasteiger charge is -2.21. The zero-order valence-electron chi connectivity index (χ0n) is 59.3. The fourth-order valence-electron chi connectivity index (χ4n) is 10.9. The molecule has 540 valence electrons. The smallest absolute Gasteiger partial charge is 0.462 e. The van der Waals surface area contributed by atoms with Gasteiger partial charge in [0.05, 0.1) is 26.4 Å². The van der Waals surface area contributed by atoms with Crippen LogP contribution < -0.4 is 0 Å². The number of hydrogen-bond donors (Lipinski definition) is 3. The molecule has 6 atom stereocenters. The van der Waals surface area contributed by atoms with Crippen molar-refractivity contribution >= 4 is 39.5 Å². The van der Waals surface area contributed by atoms with Crippen molar-refractivity contribution in [2.45, 2.75) is 381 Å². The van der Waals surface area contributed by atoms with Crippen molar-refractivity contribution in [3.05, 3.63) is 0 Å². The maximum atomic E-state index is 13.0. The quantitative estimate of drug-likeness (QED) is 0.0222. The van der Waals surface area contributed by atoms with Crippen molar-refractivity contribution in [3.63, 3.8) is 0 Å². The van der Waals surface area contributed by atoms with Gasteiger partial charge in [0.25, 0.3) is 0 Å². The zero-order valence-corrected chi connectivity index (χ0v) is 61.1. The Bertz CT molecular complexity index is 1790. The molecule has 0 spiro atoms. The molecule has 0 heterocycles. The summed E-state index contributed by atoms with van der Waals surface area (Å²) in [5.74, 6) is 0.0228. The molecule has 19 heteroatoms. The summed E-state index contributed by atoms with van der Waals surface area (Å²) in [5.41, 5.74) is 0. The molecule has 3 N–H and O–H groups in total. The Labute approximate surface area is 556 Å². The van der Waals surface area contributed by atoms with Crippen LogP contribution in [0.1, 0.15) is 363 Å². The highest BCUT2D eigenvalue weighted by molar-refractivity contribution is 7.47. The first-order valence-corrected chi connectivity index (χ1v) is 40.4. The van der Waals surface area contributed by atoms with Gasteiger partial charge >= 0.3 is 39.5 Å². The predicted molar refractivity (Wildman–Crippen MR) is 368 cm³/mol. The number of aliphatic hydroxyl groups excluding tert-OH is 1. The highest BCUT2D eigenvalue weighted by atomic mass is 31.2. The van der Waals surface area contributed by atoms with Gasteiger partial charge < -0.3 is 33.8 Å². The molecule has 0 aliphatic heterocycles. The Morgan fingerprint density at radius 3 is 0.835 bits per heavy atom. The first kappa shape index (κ1) is 89.1. The molecule has 0 radical (unpaired) electrons. The molecule has 0 aliphatic rings. The highest BCUT2D eigenvalue weighted by Crippen LogP contribution is 2.45. The number of rotatable bonds is 70. The number of unbranched alkanes of at least 4 members (excludes halogenated alkanes) is 37. The number of phosphoric acid groups is 2. The van der Waals surface area contributed by atoms with Crippen LogP contribution >= 0.6 is 15.6 Å². The summed E-state index contributed by atoms with van der Waals surface area (Å²) in [4.78, 5) is 72.5. The van der Waals surface area contributed by atoms with Gasteiger partial charge in [-0.3, -0.25) is 37.3 Å². The summed E-state index contributed by atoms with van der Waals surface area (Å²) >= 11 is 0. The molecule has 0 aliphatic carbocycles. The van der Waals surface area contributed by atoms with Gasteiger partial charge in [0.1, 0.15) is 19.3 Å². The van der Waals surface area contributed by atoms with Crippen LogP contribution in [0.25, 0.3) is 0 Å². The molecule has 0 saturated carbocycles. The van der Waals surface area contributed by atoms with Crippen molar-refractivity contribution < 1.29 is 80.2 Å². The molecule has 0 aromatic rings. The average Bonchev–Trinajstić information content (AvgIpc) is 3.71. The number of esters is 4. The SMILES string of the molecule is CCCCCCCCCCCCCCCCCCCCCCC(=O)O[C@H](COC(=O)CCCCCCCCCCC(C)CC)COP(=O)(O)OC[C@@H](O)COP(=O)(O)OC[C@@H](COC(=O)CCCCCCCCC(C)C)OC(=O)CCCCCCCCCC(C)C. The molecule has 0 aromatic carbocycles.